The Hall–Kier alpha value is -3.23. The Morgan fingerprint density at radius 1 is 1.22 bits per heavy atom. The number of hydrogen-bond acceptors (Lipinski definition) is 4. The van der Waals surface area contributed by atoms with Crippen molar-refractivity contribution in [1.82, 2.24) is 18.7 Å². The van der Waals surface area contributed by atoms with E-state index in [-0.39, 0.29) is 12.3 Å². The second-order valence-electron chi connectivity index (χ2n) is 6.43. The first-order chi connectivity index (χ1) is 12.8. The van der Waals surface area contributed by atoms with Gasteiger partial charge in [-0.05, 0) is 31.0 Å². The number of aryl methyl sites for hydroxylation is 3. The molecular weight excluding hydrogens is 353 g/mol. The summed E-state index contributed by atoms with van der Waals surface area (Å²) in [4.78, 5) is 40.6. The van der Waals surface area contributed by atoms with E-state index in [1.54, 1.807) is 24.6 Å². The van der Waals surface area contributed by atoms with Crippen LogP contribution in [0.25, 0.3) is 11.2 Å². The number of carbonyl (C=O) groups excluding carboxylic acids is 1. The van der Waals surface area contributed by atoms with Crippen LogP contribution in [-0.4, -0.2) is 24.6 Å². The summed E-state index contributed by atoms with van der Waals surface area (Å²) in [6, 6.07) is 4.21. The highest BCUT2D eigenvalue weighted by Gasteiger charge is 2.14. The maximum Gasteiger partial charge on any atom is 0.332 e. The number of carbonyl (C=O) groups is 1. The summed E-state index contributed by atoms with van der Waals surface area (Å²) < 4.78 is 17.3. The molecular formula is C18H20FN5O3. The third-order valence-electron chi connectivity index (χ3n) is 4.49. The fourth-order valence-electron chi connectivity index (χ4n) is 2.92. The van der Waals surface area contributed by atoms with Gasteiger partial charge in [-0.15, -0.1) is 0 Å². The molecule has 2 aromatic heterocycles. The van der Waals surface area contributed by atoms with Gasteiger partial charge in [0.25, 0.3) is 5.56 Å². The lowest BCUT2D eigenvalue weighted by atomic mass is 10.2. The molecule has 0 bridgehead atoms. The van der Waals surface area contributed by atoms with Crippen molar-refractivity contribution < 1.29 is 9.18 Å². The van der Waals surface area contributed by atoms with Gasteiger partial charge in [0.15, 0.2) is 11.2 Å². The molecule has 0 aliphatic heterocycles. The molecule has 142 valence electrons. The Balaban J connectivity index is 1.71. The third kappa shape index (κ3) is 3.53. The van der Waals surface area contributed by atoms with E-state index in [0.717, 1.165) is 10.1 Å². The van der Waals surface area contributed by atoms with Crippen LogP contribution < -0.4 is 16.6 Å². The van der Waals surface area contributed by atoms with Crippen LogP contribution in [0.2, 0.25) is 0 Å². The molecule has 27 heavy (non-hydrogen) atoms. The Morgan fingerprint density at radius 3 is 2.70 bits per heavy atom. The fraction of sp³-hybridized carbons (Fsp3) is 0.333. The lowest BCUT2D eigenvalue weighted by Crippen LogP contribution is -2.37. The molecule has 0 saturated heterocycles. The van der Waals surface area contributed by atoms with Crippen LogP contribution in [0.4, 0.5) is 10.1 Å². The minimum absolute atomic E-state index is 0.196. The first-order valence-corrected chi connectivity index (χ1v) is 8.46. The summed E-state index contributed by atoms with van der Waals surface area (Å²) in [5.74, 6) is -0.657. The molecule has 0 spiro atoms. The Bertz CT molecular complexity index is 1140. The van der Waals surface area contributed by atoms with Crippen molar-refractivity contribution in [3.8, 4) is 0 Å². The molecule has 0 saturated carbocycles. The maximum atomic E-state index is 13.3. The van der Waals surface area contributed by atoms with Crippen molar-refractivity contribution in [2.24, 2.45) is 14.1 Å². The van der Waals surface area contributed by atoms with Crippen molar-refractivity contribution >= 4 is 22.8 Å². The molecule has 1 N–H and O–H groups in total. The van der Waals surface area contributed by atoms with E-state index in [1.807, 2.05) is 0 Å². The highest BCUT2D eigenvalue weighted by Crippen LogP contribution is 2.16. The molecule has 0 atom stereocenters. The number of fused-ring (bicyclic) bond motifs is 1. The zero-order valence-corrected chi connectivity index (χ0v) is 15.3. The largest absolute Gasteiger partial charge is 0.332 e. The number of nitrogens with zero attached hydrogens (tertiary/aromatic N) is 4. The first kappa shape index (κ1) is 18.6. The maximum absolute atomic E-state index is 13.3. The number of nitrogens with one attached hydrogen (secondary N) is 1. The van der Waals surface area contributed by atoms with Crippen LogP contribution in [0.3, 0.4) is 0 Å². The summed E-state index contributed by atoms with van der Waals surface area (Å²) in [6.07, 6.45) is 2.14. The van der Waals surface area contributed by atoms with Crippen LogP contribution in [-0.2, 0) is 25.4 Å². The average molecular weight is 373 g/mol. The van der Waals surface area contributed by atoms with Crippen molar-refractivity contribution in [2.45, 2.75) is 26.3 Å². The van der Waals surface area contributed by atoms with E-state index < -0.39 is 17.1 Å². The van der Waals surface area contributed by atoms with Gasteiger partial charge in [-0.3, -0.25) is 18.7 Å². The molecule has 0 aliphatic rings. The van der Waals surface area contributed by atoms with E-state index in [1.165, 1.54) is 30.1 Å². The van der Waals surface area contributed by atoms with Crippen molar-refractivity contribution in [2.75, 3.05) is 5.32 Å². The SMILES string of the molecule is Cc1ccc(F)cc1NC(=O)CCCn1cnc2c1c(=O)n(C)c(=O)n2C. The van der Waals surface area contributed by atoms with Crippen LogP contribution >= 0.6 is 0 Å². The monoisotopic (exact) mass is 373 g/mol. The van der Waals surface area contributed by atoms with Crippen molar-refractivity contribution in [3.63, 3.8) is 0 Å². The predicted octanol–water partition coefficient (Wildman–Crippen LogP) is 1.30. The average Bonchev–Trinajstić information content (AvgIpc) is 3.05. The smallest absolute Gasteiger partial charge is 0.326 e. The molecule has 9 heteroatoms. The summed E-state index contributed by atoms with van der Waals surface area (Å²) in [7, 11) is 2.96. The van der Waals surface area contributed by atoms with Gasteiger partial charge in [0, 0.05) is 32.7 Å². The molecule has 0 aliphatic carbocycles. The minimum Gasteiger partial charge on any atom is -0.326 e. The van der Waals surface area contributed by atoms with E-state index >= 15 is 0 Å². The number of rotatable bonds is 5. The predicted molar refractivity (Wildman–Crippen MR) is 99.2 cm³/mol. The van der Waals surface area contributed by atoms with Crippen LogP contribution in [0.1, 0.15) is 18.4 Å². The second kappa shape index (κ2) is 7.18. The third-order valence-corrected chi connectivity index (χ3v) is 4.49. The van der Waals surface area contributed by atoms with E-state index in [0.29, 0.717) is 29.8 Å². The van der Waals surface area contributed by atoms with Gasteiger partial charge in [-0.1, -0.05) is 6.07 Å². The van der Waals surface area contributed by atoms with E-state index in [2.05, 4.69) is 10.3 Å². The van der Waals surface area contributed by atoms with Crippen LogP contribution in [0.15, 0.2) is 34.1 Å². The first-order valence-electron chi connectivity index (χ1n) is 8.46. The van der Waals surface area contributed by atoms with Gasteiger partial charge < -0.3 is 9.88 Å². The number of aromatic nitrogens is 4. The molecule has 3 rings (SSSR count). The molecule has 3 aromatic rings. The minimum atomic E-state index is -0.442. The van der Waals surface area contributed by atoms with Crippen molar-refractivity contribution in [1.29, 1.82) is 0 Å². The van der Waals surface area contributed by atoms with Gasteiger partial charge in [-0.2, -0.15) is 0 Å². The zero-order chi connectivity index (χ0) is 19.7. The lowest BCUT2D eigenvalue weighted by molar-refractivity contribution is -0.116. The standard InChI is InChI=1S/C18H20FN5O3/c1-11-6-7-12(19)9-13(11)21-14(25)5-4-8-24-10-20-16-15(24)17(26)23(3)18(27)22(16)2/h6-7,9-10H,4-5,8H2,1-3H3,(H,21,25). The zero-order valence-electron chi connectivity index (χ0n) is 15.3. The number of hydrogen-bond donors (Lipinski definition) is 1. The van der Waals surface area contributed by atoms with E-state index in [4.69, 9.17) is 0 Å². The lowest BCUT2D eigenvalue weighted by Gasteiger charge is -2.09. The normalized spacial score (nSPS) is 11.1. The molecule has 1 aromatic carbocycles. The summed E-state index contributed by atoms with van der Waals surface area (Å²) in [5, 5.41) is 2.69. The molecule has 1 amide bonds. The van der Waals surface area contributed by atoms with Gasteiger partial charge >= 0.3 is 5.69 Å². The Kier molecular flexibility index (Phi) is 4.93. The number of imidazole rings is 1. The van der Waals surface area contributed by atoms with Gasteiger partial charge in [-0.25, -0.2) is 14.2 Å². The topological polar surface area (TPSA) is 90.9 Å². The van der Waals surface area contributed by atoms with Crippen LogP contribution in [0, 0.1) is 12.7 Å². The summed E-state index contributed by atoms with van der Waals surface area (Å²) >= 11 is 0. The Labute approximate surface area is 153 Å². The number of benzene rings is 1. The van der Waals surface area contributed by atoms with Crippen LogP contribution in [0.5, 0.6) is 0 Å². The molecule has 0 unspecified atom stereocenters. The summed E-state index contributed by atoms with van der Waals surface area (Å²) in [5.41, 5.74) is 0.976. The molecule has 0 fully saturated rings. The van der Waals surface area contributed by atoms with Gasteiger partial charge in [0.2, 0.25) is 5.91 Å². The van der Waals surface area contributed by atoms with E-state index in [9.17, 15) is 18.8 Å². The Morgan fingerprint density at radius 2 is 1.96 bits per heavy atom. The van der Waals surface area contributed by atoms with Gasteiger partial charge in [0.1, 0.15) is 5.82 Å². The quantitative estimate of drug-likeness (QED) is 0.730. The highest BCUT2D eigenvalue weighted by molar-refractivity contribution is 5.91. The fourth-order valence-corrected chi connectivity index (χ4v) is 2.92. The molecule has 8 nitrogen and oxygen atoms in total. The molecule has 0 radical (unpaired) electrons. The van der Waals surface area contributed by atoms with Crippen molar-refractivity contribution in [3.05, 3.63) is 56.7 Å². The highest BCUT2D eigenvalue weighted by atomic mass is 19.1. The molecule has 2 heterocycles. The number of halogens is 1. The number of amides is 1. The summed E-state index contributed by atoms with van der Waals surface area (Å²) in [6.45, 7) is 2.17. The second-order valence-corrected chi connectivity index (χ2v) is 6.43. The van der Waals surface area contributed by atoms with Gasteiger partial charge in [0.05, 0.1) is 6.33 Å². The number of anilines is 1.